The number of rotatable bonds is 7. The van der Waals surface area contributed by atoms with E-state index in [0.717, 1.165) is 17.7 Å². The monoisotopic (exact) mass is 377 g/mol. The molecular formula is C18H20ClN3O2S. The van der Waals surface area contributed by atoms with Crippen LogP contribution in [0.5, 0.6) is 11.5 Å². The number of halogens is 1. The van der Waals surface area contributed by atoms with Crippen molar-refractivity contribution < 1.29 is 9.47 Å². The summed E-state index contributed by atoms with van der Waals surface area (Å²) in [6.45, 7) is 3.06. The molecule has 25 heavy (non-hydrogen) atoms. The topological polar surface area (TPSA) is 54.9 Å². The molecule has 0 heterocycles. The molecule has 0 fully saturated rings. The van der Waals surface area contributed by atoms with E-state index in [1.165, 1.54) is 0 Å². The van der Waals surface area contributed by atoms with Crippen LogP contribution in [0.2, 0.25) is 5.02 Å². The Kier molecular flexibility index (Phi) is 7.50. The molecule has 132 valence electrons. The number of nitrogens with zero attached hydrogens (tertiary/aromatic N) is 1. The zero-order valence-corrected chi connectivity index (χ0v) is 15.7. The van der Waals surface area contributed by atoms with Gasteiger partial charge in [0, 0.05) is 17.1 Å². The van der Waals surface area contributed by atoms with Crippen LogP contribution in [0.15, 0.2) is 47.6 Å². The van der Waals surface area contributed by atoms with E-state index < -0.39 is 0 Å². The van der Waals surface area contributed by atoms with Gasteiger partial charge in [-0.2, -0.15) is 5.10 Å². The van der Waals surface area contributed by atoms with Crippen molar-refractivity contribution in [2.24, 2.45) is 5.10 Å². The maximum Gasteiger partial charge on any atom is 0.186 e. The first kappa shape index (κ1) is 19.0. The Labute approximate surface area is 158 Å². The summed E-state index contributed by atoms with van der Waals surface area (Å²) >= 11 is 11.1. The molecule has 0 saturated carbocycles. The van der Waals surface area contributed by atoms with Crippen LogP contribution in [0.25, 0.3) is 0 Å². The number of benzene rings is 2. The summed E-state index contributed by atoms with van der Waals surface area (Å²) < 4.78 is 11.3. The van der Waals surface area contributed by atoms with Crippen LogP contribution in [-0.4, -0.2) is 25.0 Å². The number of para-hydroxylation sites is 1. The normalized spacial score (nSPS) is 10.5. The summed E-state index contributed by atoms with van der Waals surface area (Å²) in [7, 11) is 1.60. The molecule has 0 atom stereocenters. The van der Waals surface area contributed by atoms with Crippen LogP contribution in [0, 0.1) is 0 Å². The van der Waals surface area contributed by atoms with Crippen LogP contribution in [0.4, 0.5) is 0 Å². The summed E-state index contributed by atoms with van der Waals surface area (Å²) in [5.41, 5.74) is 4.49. The Balaban J connectivity index is 2.14. The smallest absolute Gasteiger partial charge is 0.186 e. The second-order valence-electron chi connectivity index (χ2n) is 5.03. The van der Waals surface area contributed by atoms with E-state index in [4.69, 9.17) is 33.3 Å². The molecule has 0 saturated heterocycles. The molecule has 0 aliphatic carbocycles. The van der Waals surface area contributed by atoms with Crippen molar-refractivity contribution >= 4 is 35.1 Å². The van der Waals surface area contributed by atoms with Crippen molar-refractivity contribution in [1.82, 2.24) is 10.7 Å². The van der Waals surface area contributed by atoms with E-state index >= 15 is 0 Å². The predicted octanol–water partition coefficient (Wildman–Crippen LogP) is 3.75. The molecule has 7 heteroatoms. The molecular weight excluding hydrogens is 358 g/mol. The highest BCUT2D eigenvalue weighted by molar-refractivity contribution is 7.80. The molecule has 5 nitrogen and oxygen atoms in total. The standard InChI is InChI=1S/C18H20ClN3O2S/c1-3-20-18(25)22-21-11-14-7-5-9-16(23-2)17(14)24-12-13-6-4-8-15(19)10-13/h4-11H,3,12H2,1-2H3,(H2,20,22,25)/b21-11-. The third-order valence-corrected chi connectivity index (χ3v) is 3.68. The lowest BCUT2D eigenvalue weighted by molar-refractivity contribution is 0.284. The summed E-state index contributed by atoms with van der Waals surface area (Å²) in [5, 5.41) is 8.22. The first-order chi connectivity index (χ1) is 12.1. The number of ether oxygens (including phenoxy) is 2. The highest BCUT2D eigenvalue weighted by Crippen LogP contribution is 2.31. The average molecular weight is 378 g/mol. The summed E-state index contributed by atoms with van der Waals surface area (Å²) in [4.78, 5) is 0. The number of nitrogens with one attached hydrogen (secondary N) is 2. The lowest BCUT2D eigenvalue weighted by Crippen LogP contribution is -2.31. The van der Waals surface area contributed by atoms with Gasteiger partial charge in [-0.25, -0.2) is 0 Å². The van der Waals surface area contributed by atoms with Crippen molar-refractivity contribution in [3.05, 3.63) is 58.6 Å². The minimum absolute atomic E-state index is 0.366. The molecule has 0 spiro atoms. The number of hydrazone groups is 1. The quantitative estimate of drug-likeness (QED) is 0.437. The molecule has 0 unspecified atom stereocenters. The Morgan fingerprint density at radius 3 is 2.80 bits per heavy atom. The highest BCUT2D eigenvalue weighted by atomic mass is 35.5. The largest absolute Gasteiger partial charge is 0.493 e. The molecule has 2 rings (SSSR count). The third-order valence-electron chi connectivity index (χ3n) is 3.21. The zero-order chi connectivity index (χ0) is 18.1. The molecule has 0 amide bonds. The van der Waals surface area contributed by atoms with Gasteiger partial charge in [-0.15, -0.1) is 0 Å². The fraction of sp³-hybridized carbons (Fsp3) is 0.222. The van der Waals surface area contributed by atoms with Gasteiger partial charge >= 0.3 is 0 Å². The van der Waals surface area contributed by atoms with Crippen LogP contribution in [0.1, 0.15) is 18.1 Å². The SMILES string of the molecule is CCNC(=S)N/N=C\c1cccc(OC)c1OCc1cccc(Cl)c1. The number of hydrogen-bond donors (Lipinski definition) is 2. The summed E-state index contributed by atoms with van der Waals surface area (Å²) in [5.74, 6) is 1.23. The second-order valence-corrected chi connectivity index (χ2v) is 5.87. The molecule has 2 aromatic rings. The van der Waals surface area contributed by atoms with Gasteiger partial charge in [0.2, 0.25) is 0 Å². The van der Waals surface area contributed by atoms with Gasteiger partial charge in [-0.3, -0.25) is 5.43 Å². The molecule has 2 N–H and O–H groups in total. The summed E-state index contributed by atoms with van der Waals surface area (Å²) in [6, 6.07) is 13.1. The van der Waals surface area contributed by atoms with Crippen molar-refractivity contribution in [3.8, 4) is 11.5 Å². The van der Waals surface area contributed by atoms with Crippen molar-refractivity contribution in [2.45, 2.75) is 13.5 Å². The molecule has 2 aromatic carbocycles. The predicted molar refractivity (Wildman–Crippen MR) is 106 cm³/mol. The van der Waals surface area contributed by atoms with Gasteiger partial charge in [0.1, 0.15) is 6.61 Å². The van der Waals surface area contributed by atoms with Gasteiger partial charge in [-0.05, 0) is 49.0 Å². The maximum absolute atomic E-state index is 6.01. The first-order valence-electron chi connectivity index (χ1n) is 7.75. The van der Waals surface area contributed by atoms with E-state index in [0.29, 0.717) is 28.2 Å². The first-order valence-corrected chi connectivity index (χ1v) is 8.53. The minimum Gasteiger partial charge on any atom is -0.493 e. The molecule has 0 aliphatic rings. The van der Waals surface area contributed by atoms with Gasteiger partial charge in [-0.1, -0.05) is 29.8 Å². The fourth-order valence-corrected chi connectivity index (χ4v) is 2.50. The lowest BCUT2D eigenvalue weighted by Gasteiger charge is -2.13. The van der Waals surface area contributed by atoms with Crippen LogP contribution >= 0.6 is 23.8 Å². The van der Waals surface area contributed by atoms with Crippen LogP contribution in [0.3, 0.4) is 0 Å². The molecule has 0 bridgehead atoms. The maximum atomic E-state index is 6.01. The Morgan fingerprint density at radius 2 is 2.08 bits per heavy atom. The van der Waals surface area contributed by atoms with E-state index in [-0.39, 0.29) is 0 Å². The van der Waals surface area contributed by atoms with Crippen molar-refractivity contribution in [1.29, 1.82) is 0 Å². The lowest BCUT2D eigenvalue weighted by atomic mass is 10.2. The Morgan fingerprint density at radius 1 is 1.28 bits per heavy atom. The van der Waals surface area contributed by atoms with Crippen molar-refractivity contribution in [3.63, 3.8) is 0 Å². The number of methoxy groups -OCH3 is 1. The van der Waals surface area contributed by atoms with Gasteiger partial charge in [0.25, 0.3) is 0 Å². The third kappa shape index (κ3) is 5.92. The van der Waals surface area contributed by atoms with Crippen LogP contribution in [-0.2, 0) is 6.61 Å². The molecule has 0 radical (unpaired) electrons. The summed E-state index contributed by atoms with van der Waals surface area (Å²) in [6.07, 6.45) is 1.64. The Bertz CT molecular complexity index is 753. The molecule has 0 aromatic heterocycles. The zero-order valence-electron chi connectivity index (χ0n) is 14.1. The Hall–Kier alpha value is -2.31. The second kappa shape index (κ2) is 9.86. The van der Waals surface area contributed by atoms with Crippen LogP contribution < -0.4 is 20.2 Å². The van der Waals surface area contributed by atoms with E-state index in [1.54, 1.807) is 13.3 Å². The average Bonchev–Trinajstić information content (AvgIpc) is 2.60. The van der Waals surface area contributed by atoms with Crippen molar-refractivity contribution in [2.75, 3.05) is 13.7 Å². The fourth-order valence-electron chi connectivity index (χ4n) is 2.09. The van der Waals surface area contributed by atoms with Gasteiger partial charge < -0.3 is 14.8 Å². The van der Waals surface area contributed by atoms with E-state index in [2.05, 4.69) is 15.8 Å². The van der Waals surface area contributed by atoms with Gasteiger partial charge in [0.15, 0.2) is 16.6 Å². The van der Waals surface area contributed by atoms with E-state index in [1.807, 2.05) is 49.4 Å². The minimum atomic E-state index is 0.366. The van der Waals surface area contributed by atoms with E-state index in [9.17, 15) is 0 Å². The highest BCUT2D eigenvalue weighted by Gasteiger charge is 2.10. The van der Waals surface area contributed by atoms with Gasteiger partial charge in [0.05, 0.1) is 13.3 Å². The number of thiocarbonyl (C=S) groups is 1. The molecule has 0 aliphatic heterocycles. The number of hydrogen-bond acceptors (Lipinski definition) is 4.